The summed E-state index contributed by atoms with van der Waals surface area (Å²) < 4.78 is 0. The predicted octanol–water partition coefficient (Wildman–Crippen LogP) is 4.83. The number of aliphatic hydroxyl groups is 2. The molecule has 1 aliphatic carbocycles. The number of carboxylic acids is 1. The van der Waals surface area contributed by atoms with Gasteiger partial charge in [-0.1, -0.05) is 62.2 Å². The molecule has 3 rings (SSSR count). The zero-order chi connectivity index (χ0) is 25.5. The van der Waals surface area contributed by atoms with Crippen LogP contribution in [0.4, 0.5) is 5.69 Å². The molecule has 0 amide bonds. The second-order valence-corrected chi connectivity index (χ2v) is 9.30. The van der Waals surface area contributed by atoms with E-state index in [0.29, 0.717) is 17.5 Å². The normalized spacial score (nSPS) is 22.5. The van der Waals surface area contributed by atoms with Crippen LogP contribution in [0.25, 0.3) is 4.85 Å². The highest BCUT2D eigenvalue weighted by Crippen LogP contribution is 2.45. The summed E-state index contributed by atoms with van der Waals surface area (Å²) in [5.41, 5.74) is 2.25. The van der Waals surface area contributed by atoms with E-state index in [0.717, 1.165) is 24.0 Å². The molecule has 0 spiro atoms. The number of carboxylic acid groups (broad SMARTS) is 1. The van der Waals surface area contributed by atoms with Gasteiger partial charge in [0.15, 0.2) is 0 Å². The maximum atomic E-state index is 12.0. The van der Waals surface area contributed by atoms with E-state index in [1.807, 2.05) is 24.3 Å². The number of nitro groups is 1. The smallest absolute Gasteiger partial charge is 0.303 e. The number of aliphatic carboxylic acids is 1. The van der Waals surface area contributed by atoms with E-state index in [9.17, 15) is 25.1 Å². The van der Waals surface area contributed by atoms with Crippen LogP contribution in [0.2, 0.25) is 0 Å². The van der Waals surface area contributed by atoms with Crippen LogP contribution in [0.15, 0.2) is 42.5 Å². The molecule has 1 fully saturated rings. The first-order valence-corrected chi connectivity index (χ1v) is 12.1. The molecule has 5 atom stereocenters. The first-order valence-electron chi connectivity index (χ1n) is 12.1. The molecule has 0 aliphatic heterocycles. The topological polar surface area (TPSA) is 125 Å². The van der Waals surface area contributed by atoms with Crippen molar-refractivity contribution in [1.82, 2.24) is 0 Å². The van der Waals surface area contributed by atoms with Crippen molar-refractivity contribution in [3.05, 3.63) is 86.2 Å². The molecule has 8 heteroatoms. The van der Waals surface area contributed by atoms with Crippen LogP contribution < -0.4 is 0 Å². The van der Waals surface area contributed by atoms with Crippen molar-refractivity contribution in [3.8, 4) is 0 Å². The molecule has 3 N–H and O–H groups in total. The van der Waals surface area contributed by atoms with Gasteiger partial charge in [-0.15, -0.1) is 0 Å². The van der Waals surface area contributed by atoms with Gasteiger partial charge in [-0.3, -0.25) is 14.9 Å². The van der Waals surface area contributed by atoms with Crippen molar-refractivity contribution < 1.29 is 25.0 Å². The van der Waals surface area contributed by atoms with E-state index >= 15 is 0 Å². The average Bonchev–Trinajstić information content (AvgIpc) is 3.15. The average molecular weight is 481 g/mol. The Kier molecular flexibility index (Phi) is 8.96. The predicted molar refractivity (Wildman–Crippen MR) is 131 cm³/mol. The summed E-state index contributed by atoms with van der Waals surface area (Å²) in [6.07, 6.45) is 1.41. The fraction of sp³-hybridized carbons (Fsp3) is 0.481. The van der Waals surface area contributed by atoms with Gasteiger partial charge in [-0.05, 0) is 30.4 Å². The highest BCUT2D eigenvalue weighted by atomic mass is 16.6. The molecule has 35 heavy (non-hydrogen) atoms. The van der Waals surface area contributed by atoms with Crippen LogP contribution in [0.1, 0.15) is 73.3 Å². The van der Waals surface area contributed by atoms with Crippen LogP contribution in [-0.2, 0) is 17.6 Å². The molecule has 0 saturated heterocycles. The number of nitrogens with zero attached hydrogens (tertiary/aromatic N) is 2. The van der Waals surface area contributed by atoms with Crippen molar-refractivity contribution >= 4 is 11.7 Å². The van der Waals surface area contributed by atoms with Crippen LogP contribution in [0, 0.1) is 22.6 Å². The number of hydrogen-bond donors (Lipinski definition) is 3. The number of nitro benzene ring substituents is 1. The lowest BCUT2D eigenvalue weighted by atomic mass is 9.81. The summed E-state index contributed by atoms with van der Waals surface area (Å²) in [6.45, 7) is 9.75. The molecule has 2 aromatic rings. The molecular formula is C27H32N2O6. The van der Waals surface area contributed by atoms with E-state index in [4.69, 9.17) is 11.7 Å². The molecule has 0 heterocycles. The van der Waals surface area contributed by atoms with Crippen LogP contribution >= 0.6 is 0 Å². The lowest BCUT2D eigenvalue weighted by molar-refractivity contribution is -0.386. The molecule has 186 valence electrons. The quantitative estimate of drug-likeness (QED) is 0.240. The highest BCUT2D eigenvalue weighted by Gasteiger charge is 2.48. The lowest BCUT2D eigenvalue weighted by Gasteiger charge is -2.23. The molecule has 1 saturated carbocycles. The molecule has 0 bridgehead atoms. The zero-order valence-electron chi connectivity index (χ0n) is 19.8. The molecular weight excluding hydrogens is 448 g/mol. The van der Waals surface area contributed by atoms with Gasteiger partial charge >= 0.3 is 5.97 Å². The van der Waals surface area contributed by atoms with E-state index in [-0.39, 0.29) is 37.3 Å². The van der Waals surface area contributed by atoms with Crippen LogP contribution in [0.3, 0.4) is 0 Å². The fourth-order valence-corrected chi connectivity index (χ4v) is 5.25. The van der Waals surface area contributed by atoms with Gasteiger partial charge in [-0.2, -0.15) is 0 Å². The Labute approximate surface area is 205 Å². The number of aryl methyl sites for hydroxylation is 1. The number of hydrogen-bond acceptors (Lipinski definition) is 5. The van der Waals surface area contributed by atoms with E-state index in [2.05, 4.69) is 11.8 Å². The second kappa shape index (κ2) is 11.9. The lowest BCUT2D eigenvalue weighted by Crippen LogP contribution is -2.22. The molecule has 3 unspecified atom stereocenters. The largest absolute Gasteiger partial charge is 0.481 e. The minimum atomic E-state index is -1.03. The number of unbranched alkanes of at least 4 members (excludes halogenated alkanes) is 1. The minimum absolute atomic E-state index is 0.0418. The maximum absolute atomic E-state index is 12.0. The Hall–Kier alpha value is -3.28. The summed E-state index contributed by atoms with van der Waals surface area (Å²) in [5, 5.41) is 42.5. The summed E-state index contributed by atoms with van der Waals surface area (Å²) >= 11 is 0. The molecule has 0 aromatic heterocycles. The van der Waals surface area contributed by atoms with E-state index < -0.39 is 35.1 Å². The maximum Gasteiger partial charge on any atom is 0.303 e. The number of carbonyl (C=O) groups is 1. The zero-order valence-corrected chi connectivity index (χ0v) is 19.8. The molecule has 0 radical (unpaired) electrons. The number of rotatable bonds is 11. The van der Waals surface area contributed by atoms with Crippen LogP contribution in [-0.4, -0.2) is 38.4 Å². The number of para-hydroxylation sites is 1. The van der Waals surface area contributed by atoms with Crippen molar-refractivity contribution in [3.63, 3.8) is 0 Å². The Morgan fingerprint density at radius 1 is 1.26 bits per heavy atom. The van der Waals surface area contributed by atoms with Gasteiger partial charge in [0, 0.05) is 35.8 Å². The molecule has 2 aromatic carbocycles. The standard InChI is InChI=1S/C27H32N2O6/c1-3-4-11-23(30)18-8-6-9-19(14-18)26-21(22(28-2)16-24(26)31)15-20-10-5-7-17(12-13-25(32)33)27(20)29(34)35/h5-10,14,21-24,26,30-31H,3-4,11-13,15-16H2,1H3,(H,32,33)/t21?,22-,23?,24-,26?/m1/s1. The minimum Gasteiger partial charge on any atom is -0.481 e. The summed E-state index contributed by atoms with van der Waals surface area (Å²) in [4.78, 5) is 26.2. The Morgan fingerprint density at radius 2 is 1.97 bits per heavy atom. The van der Waals surface area contributed by atoms with Crippen molar-refractivity contribution in [2.24, 2.45) is 5.92 Å². The molecule has 1 aliphatic rings. The summed E-state index contributed by atoms with van der Waals surface area (Å²) in [6, 6.07) is 11.8. The fourth-order valence-electron chi connectivity index (χ4n) is 5.25. The third kappa shape index (κ3) is 6.24. The Bertz CT molecular complexity index is 1100. The third-order valence-corrected chi connectivity index (χ3v) is 6.98. The SMILES string of the molecule is [C-]#[N+][C@@H]1C[C@@H](O)C(c2cccc(C(O)CCCC)c2)C1Cc1cccc(CCC(=O)O)c1[N+](=O)[O-]. The first-order chi connectivity index (χ1) is 16.8. The highest BCUT2D eigenvalue weighted by molar-refractivity contribution is 5.67. The number of benzene rings is 2. The second-order valence-electron chi connectivity index (χ2n) is 9.30. The summed E-state index contributed by atoms with van der Waals surface area (Å²) in [7, 11) is 0. The number of aliphatic hydroxyl groups excluding tert-OH is 2. The van der Waals surface area contributed by atoms with Gasteiger partial charge in [0.05, 0.1) is 17.1 Å². The van der Waals surface area contributed by atoms with Crippen LogP contribution in [0.5, 0.6) is 0 Å². The first kappa shape index (κ1) is 26.3. The van der Waals surface area contributed by atoms with Gasteiger partial charge in [0.1, 0.15) is 0 Å². The van der Waals surface area contributed by atoms with Gasteiger partial charge in [0.2, 0.25) is 6.04 Å². The van der Waals surface area contributed by atoms with E-state index in [1.165, 1.54) is 0 Å². The van der Waals surface area contributed by atoms with Crippen molar-refractivity contribution in [2.75, 3.05) is 0 Å². The van der Waals surface area contributed by atoms with Crippen molar-refractivity contribution in [2.45, 2.75) is 76.0 Å². The van der Waals surface area contributed by atoms with Gasteiger partial charge in [-0.25, -0.2) is 6.57 Å². The van der Waals surface area contributed by atoms with Gasteiger partial charge < -0.3 is 20.2 Å². The van der Waals surface area contributed by atoms with Crippen molar-refractivity contribution in [1.29, 1.82) is 0 Å². The Balaban J connectivity index is 1.96. The Morgan fingerprint density at radius 3 is 2.63 bits per heavy atom. The monoisotopic (exact) mass is 480 g/mol. The molecule has 8 nitrogen and oxygen atoms in total. The third-order valence-electron chi connectivity index (χ3n) is 6.98. The van der Waals surface area contributed by atoms with E-state index in [1.54, 1.807) is 18.2 Å². The summed E-state index contributed by atoms with van der Waals surface area (Å²) in [5.74, 6) is -1.80. The van der Waals surface area contributed by atoms with Gasteiger partial charge in [0.25, 0.3) is 5.69 Å².